The molecule has 0 atom stereocenters. The van der Waals surface area contributed by atoms with E-state index < -0.39 is 0 Å². The van der Waals surface area contributed by atoms with Gasteiger partial charge < -0.3 is 9.97 Å². The third-order valence-electron chi connectivity index (χ3n) is 4.53. The SMILES string of the molecule is CC.CC.O=c1c2ccccc2[nH]c2cc3c(=O)c4ccccc4[nH]c3cc12. The largest absolute Gasteiger partial charge is 0.354 e. The maximum absolute atomic E-state index is 12.8. The fourth-order valence-corrected chi connectivity index (χ4v) is 3.34. The van der Waals surface area contributed by atoms with E-state index in [9.17, 15) is 9.59 Å². The molecule has 0 spiro atoms. The topological polar surface area (TPSA) is 65.7 Å². The second-order valence-corrected chi connectivity index (χ2v) is 5.94. The summed E-state index contributed by atoms with van der Waals surface area (Å²) in [4.78, 5) is 32.1. The average molecular weight is 372 g/mol. The van der Waals surface area contributed by atoms with Crippen LogP contribution in [0.25, 0.3) is 43.6 Å². The van der Waals surface area contributed by atoms with Gasteiger partial charge in [-0.05, 0) is 36.4 Å². The molecule has 0 bridgehead atoms. The minimum Gasteiger partial charge on any atom is -0.354 e. The monoisotopic (exact) mass is 372 g/mol. The molecule has 0 saturated heterocycles. The molecule has 0 aliphatic carbocycles. The first-order valence-corrected chi connectivity index (χ1v) is 9.72. The van der Waals surface area contributed by atoms with Crippen LogP contribution in [0.3, 0.4) is 0 Å². The summed E-state index contributed by atoms with van der Waals surface area (Å²) in [5.41, 5.74) is 2.82. The molecule has 28 heavy (non-hydrogen) atoms. The lowest BCUT2D eigenvalue weighted by molar-refractivity contribution is 1.46. The summed E-state index contributed by atoms with van der Waals surface area (Å²) in [6.07, 6.45) is 0. The molecule has 2 N–H and O–H groups in total. The van der Waals surface area contributed by atoms with Crippen LogP contribution in [0.1, 0.15) is 27.7 Å². The first-order valence-electron chi connectivity index (χ1n) is 9.72. The lowest BCUT2D eigenvalue weighted by Gasteiger charge is -2.06. The van der Waals surface area contributed by atoms with Gasteiger partial charge in [0.2, 0.25) is 0 Å². The van der Waals surface area contributed by atoms with Crippen molar-refractivity contribution in [2.75, 3.05) is 0 Å². The number of nitrogens with one attached hydrogen (secondary N) is 2. The normalized spacial score (nSPS) is 10.4. The fraction of sp³-hybridized carbons (Fsp3) is 0.167. The van der Waals surface area contributed by atoms with Gasteiger partial charge in [-0.1, -0.05) is 52.0 Å². The summed E-state index contributed by atoms with van der Waals surface area (Å²) in [7, 11) is 0. The highest BCUT2D eigenvalue weighted by Crippen LogP contribution is 2.21. The van der Waals surface area contributed by atoms with Gasteiger partial charge in [-0.25, -0.2) is 0 Å². The van der Waals surface area contributed by atoms with E-state index in [0.717, 1.165) is 11.0 Å². The molecule has 0 unspecified atom stereocenters. The van der Waals surface area contributed by atoms with E-state index >= 15 is 0 Å². The number of benzene rings is 3. The van der Waals surface area contributed by atoms with Crippen molar-refractivity contribution in [3.05, 3.63) is 81.1 Å². The second kappa shape index (κ2) is 8.09. The maximum Gasteiger partial charge on any atom is 0.197 e. The first kappa shape index (κ1) is 19.4. The van der Waals surface area contributed by atoms with Crippen LogP contribution < -0.4 is 10.9 Å². The zero-order valence-electron chi connectivity index (χ0n) is 16.6. The average Bonchev–Trinajstić information content (AvgIpc) is 2.76. The van der Waals surface area contributed by atoms with E-state index in [1.165, 1.54) is 0 Å². The van der Waals surface area contributed by atoms with Crippen LogP contribution in [-0.4, -0.2) is 9.97 Å². The van der Waals surface area contributed by atoms with Crippen LogP contribution in [0.5, 0.6) is 0 Å². The highest BCUT2D eigenvalue weighted by molar-refractivity contribution is 6.02. The fourth-order valence-electron chi connectivity index (χ4n) is 3.34. The predicted octanol–water partition coefficient (Wildman–Crippen LogP) is 5.73. The summed E-state index contributed by atoms with van der Waals surface area (Å²) in [5, 5.41) is 2.44. The van der Waals surface area contributed by atoms with Crippen molar-refractivity contribution in [3.8, 4) is 0 Å². The number of hydrogen-bond donors (Lipinski definition) is 2. The van der Waals surface area contributed by atoms with Gasteiger partial charge in [0.25, 0.3) is 0 Å². The van der Waals surface area contributed by atoms with E-state index in [-0.39, 0.29) is 10.9 Å². The maximum atomic E-state index is 12.8. The minimum atomic E-state index is -0.0322. The molecule has 2 heterocycles. The third-order valence-corrected chi connectivity index (χ3v) is 4.53. The van der Waals surface area contributed by atoms with Gasteiger partial charge >= 0.3 is 0 Å². The number of hydrogen-bond acceptors (Lipinski definition) is 2. The smallest absolute Gasteiger partial charge is 0.197 e. The summed E-state index contributed by atoms with van der Waals surface area (Å²) >= 11 is 0. The number of H-pyrrole nitrogens is 2. The Hall–Kier alpha value is -3.40. The summed E-state index contributed by atoms with van der Waals surface area (Å²) in [6, 6.07) is 18.3. The van der Waals surface area contributed by atoms with Crippen LogP contribution in [0, 0.1) is 0 Å². The predicted molar refractivity (Wildman–Crippen MR) is 120 cm³/mol. The highest BCUT2D eigenvalue weighted by Gasteiger charge is 2.10. The molecule has 142 valence electrons. The Morgan fingerprint density at radius 2 is 0.857 bits per heavy atom. The van der Waals surface area contributed by atoms with Crippen molar-refractivity contribution in [1.82, 2.24) is 9.97 Å². The first-order chi connectivity index (χ1) is 13.7. The van der Waals surface area contributed by atoms with Crippen molar-refractivity contribution in [2.45, 2.75) is 27.7 Å². The van der Waals surface area contributed by atoms with E-state index in [4.69, 9.17) is 0 Å². The Morgan fingerprint density at radius 1 is 0.500 bits per heavy atom. The van der Waals surface area contributed by atoms with Gasteiger partial charge in [0.05, 0.1) is 11.0 Å². The molecule has 0 saturated carbocycles. The van der Waals surface area contributed by atoms with Gasteiger partial charge in [0.1, 0.15) is 0 Å². The summed E-state index contributed by atoms with van der Waals surface area (Å²) < 4.78 is 0. The Labute approximate surface area is 162 Å². The standard InChI is InChI=1S/C20H12N2O2.2C2H6/c23-19-11-5-1-3-7-15(11)21-17-10-14-18(9-13(17)19)22-16-8-4-2-6-12(16)20(14)24;2*1-2/h1-10H,(H,21,23)(H,22,24);2*1-2H3. The minimum absolute atomic E-state index is 0.0322. The van der Waals surface area contributed by atoms with Crippen LogP contribution in [-0.2, 0) is 0 Å². The number of aromatic nitrogens is 2. The number of aromatic amines is 2. The molecule has 0 radical (unpaired) electrons. The molecule has 4 nitrogen and oxygen atoms in total. The van der Waals surface area contributed by atoms with Gasteiger partial charge in [-0.2, -0.15) is 0 Å². The second-order valence-electron chi connectivity index (χ2n) is 5.94. The Bertz CT molecular complexity index is 1290. The van der Waals surface area contributed by atoms with E-state index in [0.29, 0.717) is 32.6 Å². The van der Waals surface area contributed by atoms with Gasteiger partial charge in [-0.3, -0.25) is 9.59 Å². The molecule has 0 aliphatic rings. The molecule has 5 rings (SSSR count). The van der Waals surface area contributed by atoms with E-state index in [1.807, 2.05) is 64.1 Å². The summed E-state index contributed by atoms with van der Waals surface area (Å²) in [6.45, 7) is 8.00. The zero-order chi connectivity index (χ0) is 20.3. The van der Waals surface area contributed by atoms with Gasteiger partial charge in [0.15, 0.2) is 10.9 Å². The van der Waals surface area contributed by atoms with Crippen molar-refractivity contribution in [2.24, 2.45) is 0 Å². The van der Waals surface area contributed by atoms with Crippen LogP contribution in [0.2, 0.25) is 0 Å². The molecule has 5 aromatic rings. The molecular weight excluding hydrogens is 348 g/mol. The molecule has 2 aromatic heterocycles. The van der Waals surface area contributed by atoms with Crippen LogP contribution in [0.4, 0.5) is 0 Å². The van der Waals surface area contributed by atoms with E-state index in [1.54, 1.807) is 24.3 Å². The van der Waals surface area contributed by atoms with Crippen LogP contribution in [0.15, 0.2) is 70.3 Å². The molecule has 3 aromatic carbocycles. The van der Waals surface area contributed by atoms with Crippen molar-refractivity contribution in [3.63, 3.8) is 0 Å². The number of rotatable bonds is 0. The zero-order valence-corrected chi connectivity index (χ0v) is 16.6. The van der Waals surface area contributed by atoms with Crippen LogP contribution >= 0.6 is 0 Å². The van der Waals surface area contributed by atoms with Crippen molar-refractivity contribution in [1.29, 1.82) is 0 Å². The highest BCUT2D eigenvalue weighted by atomic mass is 16.1. The molecule has 0 fully saturated rings. The Morgan fingerprint density at radius 3 is 1.25 bits per heavy atom. The number of para-hydroxylation sites is 2. The van der Waals surface area contributed by atoms with Crippen molar-refractivity contribution < 1.29 is 0 Å². The number of fused-ring (bicyclic) bond motifs is 4. The van der Waals surface area contributed by atoms with Gasteiger partial charge in [-0.15, -0.1) is 0 Å². The molecule has 4 heteroatoms. The molecule has 0 aliphatic heterocycles. The molecular formula is C24H24N2O2. The number of pyridine rings is 2. The Kier molecular flexibility index (Phi) is 5.59. The van der Waals surface area contributed by atoms with Gasteiger partial charge in [0, 0.05) is 32.6 Å². The lowest BCUT2D eigenvalue weighted by atomic mass is 10.1. The van der Waals surface area contributed by atoms with E-state index in [2.05, 4.69) is 9.97 Å². The molecule has 0 amide bonds. The van der Waals surface area contributed by atoms with Crippen molar-refractivity contribution >= 4 is 43.6 Å². The quantitative estimate of drug-likeness (QED) is 0.341. The third kappa shape index (κ3) is 3.07. The summed E-state index contributed by atoms with van der Waals surface area (Å²) in [5.74, 6) is 0. The Balaban J connectivity index is 0.000000531. The lowest BCUT2D eigenvalue weighted by Crippen LogP contribution is -2.08.